The molecule has 0 aromatic rings. The number of rotatable bonds is 3. The maximum atomic E-state index is 11.2. The Hall–Kier alpha value is 0.300. The third-order valence-electron chi connectivity index (χ3n) is 2.42. The van der Waals surface area contributed by atoms with E-state index in [2.05, 4.69) is 4.31 Å². The zero-order valence-corrected chi connectivity index (χ0v) is 7.74. The fourth-order valence-corrected chi connectivity index (χ4v) is 4.53. The van der Waals surface area contributed by atoms with Crippen molar-refractivity contribution in [3.05, 3.63) is 0 Å². The van der Waals surface area contributed by atoms with Gasteiger partial charge in [0.25, 0.3) is 0 Å². The van der Waals surface area contributed by atoms with Gasteiger partial charge < -0.3 is 14.7 Å². The highest BCUT2D eigenvalue weighted by Crippen LogP contribution is 2.88. The highest BCUT2D eigenvalue weighted by molar-refractivity contribution is 7.65. The van der Waals surface area contributed by atoms with E-state index in [1.165, 1.54) is 0 Å². The Labute approximate surface area is 68.3 Å². The van der Waals surface area contributed by atoms with E-state index in [-0.39, 0.29) is 5.92 Å². The molecule has 2 aliphatic carbocycles. The second kappa shape index (κ2) is 2.03. The predicted octanol–water partition coefficient (Wildman–Crippen LogP) is 0.443. The summed E-state index contributed by atoms with van der Waals surface area (Å²) < 4.78 is 25.3. The first kappa shape index (κ1) is 8.88. The van der Waals surface area contributed by atoms with E-state index in [1.807, 2.05) is 0 Å². The smallest absolute Gasteiger partial charge is 0.324 e. The van der Waals surface area contributed by atoms with Crippen LogP contribution >= 0.6 is 15.4 Å². The number of phosphoric acid groups is 1. The molecule has 70 valence electrons. The van der Waals surface area contributed by atoms with Crippen LogP contribution in [0.5, 0.6) is 0 Å². The lowest BCUT2D eigenvalue weighted by Crippen LogP contribution is -1.99. The molecule has 0 aromatic carbocycles. The molecule has 8 heteroatoms. The Bertz CT molecular complexity index is 312. The van der Waals surface area contributed by atoms with Crippen LogP contribution in [0, 0.1) is 5.92 Å². The zero-order valence-electron chi connectivity index (χ0n) is 5.95. The van der Waals surface area contributed by atoms with Crippen LogP contribution in [0.1, 0.15) is 12.8 Å². The first-order valence-electron chi connectivity index (χ1n) is 3.37. The van der Waals surface area contributed by atoms with Gasteiger partial charge in [0.15, 0.2) is 0 Å². The minimum absolute atomic E-state index is 0.153. The van der Waals surface area contributed by atoms with Gasteiger partial charge in [-0.05, 0) is 18.8 Å². The Kier molecular flexibility index (Phi) is 1.50. The van der Waals surface area contributed by atoms with E-state index >= 15 is 0 Å². The van der Waals surface area contributed by atoms with Gasteiger partial charge >= 0.3 is 15.4 Å². The molecule has 0 aliphatic heterocycles. The fourth-order valence-electron chi connectivity index (χ4n) is 1.36. The molecule has 2 saturated carbocycles. The van der Waals surface area contributed by atoms with Crippen LogP contribution in [-0.2, 0) is 13.4 Å². The first-order chi connectivity index (χ1) is 5.27. The van der Waals surface area contributed by atoms with Gasteiger partial charge in [-0.25, -0.2) is 8.88 Å². The summed E-state index contributed by atoms with van der Waals surface area (Å²) in [5.41, 5.74) is 0. The monoisotopic (exact) mass is 214 g/mol. The lowest BCUT2D eigenvalue weighted by molar-refractivity contribution is 0.260. The molecule has 0 spiro atoms. The molecule has 2 fully saturated rings. The highest BCUT2D eigenvalue weighted by atomic mass is 31.3. The van der Waals surface area contributed by atoms with Gasteiger partial charge in [0.05, 0.1) is 5.16 Å². The topological polar surface area (TPSA) is 104 Å². The van der Waals surface area contributed by atoms with Gasteiger partial charge in [-0.2, -0.15) is 0 Å². The van der Waals surface area contributed by atoms with Crippen molar-refractivity contribution in [1.82, 2.24) is 0 Å². The normalized spacial score (nSPS) is 43.1. The predicted molar refractivity (Wildman–Crippen MR) is 38.4 cm³/mol. The van der Waals surface area contributed by atoms with Crippen LogP contribution in [0.4, 0.5) is 0 Å². The Morgan fingerprint density at radius 2 is 1.67 bits per heavy atom. The van der Waals surface area contributed by atoms with Crippen LogP contribution in [0.3, 0.4) is 0 Å². The molecule has 0 heterocycles. The van der Waals surface area contributed by atoms with Gasteiger partial charge in [-0.1, -0.05) is 0 Å². The molecular formula is C4H8O6P2. The van der Waals surface area contributed by atoms with E-state index in [4.69, 9.17) is 14.7 Å². The van der Waals surface area contributed by atoms with Crippen molar-refractivity contribution in [3.63, 3.8) is 0 Å². The van der Waals surface area contributed by atoms with E-state index in [0.29, 0.717) is 12.8 Å². The summed E-state index contributed by atoms with van der Waals surface area (Å²) in [4.78, 5) is 25.8. The van der Waals surface area contributed by atoms with E-state index < -0.39 is 20.6 Å². The first-order valence-corrected chi connectivity index (χ1v) is 6.47. The van der Waals surface area contributed by atoms with E-state index in [1.54, 1.807) is 0 Å². The zero-order chi connectivity index (χ0) is 9.20. The average Bonchev–Trinajstić information content (AvgIpc) is 2.29. The van der Waals surface area contributed by atoms with Gasteiger partial charge in [0.2, 0.25) is 0 Å². The van der Waals surface area contributed by atoms with Crippen LogP contribution in [-0.4, -0.2) is 19.8 Å². The Morgan fingerprint density at radius 3 is 1.92 bits per heavy atom. The second-order valence-corrected chi connectivity index (χ2v) is 6.87. The molecular weight excluding hydrogens is 206 g/mol. The van der Waals surface area contributed by atoms with Gasteiger partial charge in [0, 0.05) is 0 Å². The van der Waals surface area contributed by atoms with Crippen molar-refractivity contribution in [2.24, 2.45) is 5.92 Å². The third kappa shape index (κ3) is 1.20. The molecule has 3 N–H and O–H groups in total. The van der Waals surface area contributed by atoms with Crippen molar-refractivity contribution in [2.75, 3.05) is 0 Å². The number of hydrogen-bond donors (Lipinski definition) is 3. The minimum Gasteiger partial charge on any atom is -0.324 e. The third-order valence-corrected chi connectivity index (χ3v) is 6.01. The Morgan fingerprint density at radius 1 is 1.25 bits per heavy atom. The SMILES string of the molecule is O=P(O)(O)OP(=O)(O)C12CC1C2. The molecule has 0 amide bonds. The van der Waals surface area contributed by atoms with Gasteiger partial charge in [-0.3, -0.25) is 4.57 Å². The second-order valence-electron chi connectivity index (χ2n) is 3.30. The minimum atomic E-state index is -4.83. The molecule has 6 nitrogen and oxygen atoms in total. The van der Waals surface area contributed by atoms with E-state index in [9.17, 15) is 9.13 Å². The molecule has 2 rings (SSSR count). The molecule has 0 radical (unpaired) electrons. The van der Waals surface area contributed by atoms with Gasteiger partial charge in [0.1, 0.15) is 0 Å². The lowest BCUT2D eigenvalue weighted by atomic mass is 10.4. The fraction of sp³-hybridized carbons (Fsp3) is 1.00. The molecule has 2 aliphatic rings. The van der Waals surface area contributed by atoms with E-state index in [0.717, 1.165) is 0 Å². The van der Waals surface area contributed by atoms with Gasteiger partial charge in [-0.15, -0.1) is 0 Å². The number of hydrogen-bond acceptors (Lipinski definition) is 3. The standard InChI is InChI=1S/C4H8O6P2/c5-11(6,10-12(7,8)9)4-1-3(4)2-4/h3H,1-2H2,(H,5,6)(H2,7,8,9). The molecule has 1 unspecified atom stereocenters. The van der Waals surface area contributed by atoms with Crippen molar-refractivity contribution in [2.45, 2.75) is 18.0 Å². The quantitative estimate of drug-likeness (QED) is 0.589. The lowest BCUT2D eigenvalue weighted by Gasteiger charge is -2.14. The molecule has 0 saturated heterocycles. The maximum Gasteiger partial charge on any atom is 0.476 e. The van der Waals surface area contributed by atoms with Crippen molar-refractivity contribution < 1.29 is 28.1 Å². The van der Waals surface area contributed by atoms with Crippen LogP contribution in [0.2, 0.25) is 0 Å². The highest BCUT2D eigenvalue weighted by Gasteiger charge is 2.81. The molecule has 1 atom stereocenters. The summed E-state index contributed by atoms with van der Waals surface area (Å²) in [6.45, 7) is 0. The summed E-state index contributed by atoms with van der Waals surface area (Å²) in [5.74, 6) is 0.153. The summed E-state index contributed by atoms with van der Waals surface area (Å²) in [6, 6.07) is 0. The molecule has 12 heavy (non-hydrogen) atoms. The molecule has 0 aromatic heterocycles. The average molecular weight is 214 g/mol. The summed E-state index contributed by atoms with van der Waals surface area (Å²) in [5, 5.41) is -0.784. The summed E-state index contributed by atoms with van der Waals surface area (Å²) in [7, 11) is -8.91. The summed E-state index contributed by atoms with van der Waals surface area (Å²) in [6.07, 6.45) is 1.11. The maximum absolute atomic E-state index is 11.2. The van der Waals surface area contributed by atoms with Crippen molar-refractivity contribution in [1.29, 1.82) is 0 Å². The largest absolute Gasteiger partial charge is 0.476 e. The van der Waals surface area contributed by atoms with Crippen molar-refractivity contribution in [3.8, 4) is 0 Å². The molecule has 0 bridgehead atoms. The van der Waals surface area contributed by atoms with Crippen LogP contribution in [0.25, 0.3) is 0 Å². The van der Waals surface area contributed by atoms with Crippen molar-refractivity contribution >= 4 is 15.4 Å². The van der Waals surface area contributed by atoms with Crippen LogP contribution in [0.15, 0.2) is 0 Å². The van der Waals surface area contributed by atoms with Crippen LogP contribution < -0.4 is 0 Å². The number of fused-ring (bicyclic) bond motifs is 1. The Balaban J connectivity index is 2.12. The summed E-state index contributed by atoms with van der Waals surface area (Å²) >= 11 is 0.